The Labute approximate surface area is 137 Å². The van der Waals surface area contributed by atoms with Crippen LogP contribution in [0.5, 0.6) is 5.75 Å². The lowest BCUT2D eigenvalue weighted by atomic mass is 10.0. The van der Waals surface area contributed by atoms with Gasteiger partial charge in [0.15, 0.2) is 5.78 Å². The van der Waals surface area contributed by atoms with Gasteiger partial charge in [-0.05, 0) is 31.7 Å². The molecule has 0 aliphatic heterocycles. The molecule has 7 heteroatoms. The summed E-state index contributed by atoms with van der Waals surface area (Å²) in [6, 6.07) is 7.48. The highest BCUT2D eigenvalue weighted by Crippen LogP contribution is 2.18. The zero-order valence-corrected chi connectivity index (χ0v) is 13.2. The molecule has 0 saturated heterocycles. The number of carbonyl (C=O) groups excluding carboxylic acids is 1. The van der Waals surface area contributed by atoms with E-state index in [-0.39, 0.29) is 29.2 Å². The molecule has 7 nitrogen and oxygen atoms in total. The SMILES string of the molecule is Cc1cc(O)c(C(=O)CCCCc2ccc([N+](=O)[O-])cc2)c(=O)o1. The number of nitrogens with zero attached hydrogens (tertiary/aromatic N) is 1. The summed E-state index contributed by atoms with van der Waals surface area (Å²) in [7, 11) is 0. The van der Waals surface area contributed by atoms with Gasteiger partial charge in [-0.1, -0.05) is 12.1 Å². The Morgan fingerprint density at radius 3 is 2.50 bits per heavy atom. The van der Waals surface area contributed by atoms with E-state index in [0.29, 0.717) is 19.3 Å². The summed E-state index contributed by atoms with van der Waals surface area (Å²) in [5.41, 5.74) is -0.162. The van der Waals surface area contributed by atoms with Crippen LogP contribution in [0.15, 0.2) is 39.5 Å². The fourth-order valence-corrected chi connectivity index (χ4v) is 2.38. The number of hydrogen-bond acceptors (Lipinski definition) is 6. The Kier molecular flexibility index (Phi) is 5.47. The molecule has 0 spiro atoms. The van der Waals surface area contributed by atoms with Crippen molar-refractivity contribution in [2.75, 3.05) is 0 Å². The van der Waals surface area contributed by atoms with Crippen LogP contribution in [0.2, 0.25) is 0 Å². The average molecular weight is 331 g/mol. The van der Waals surface area contributed by atoms with Crippen molar-refractivity contribution < 1.29 is 19.2 Å². The van der Waals surface area contributed by atoms with Gasteiger partial charge in [0, 0.05) is 24.6 Å². The third-order valence-electron chi connectivity index (χ3n) is 3.60. The number of aromatic hydroxyl groups is 1. The van der Waals surface area contributed by atoms with E-state index in [9.17, 15) is 24.8 Å². The number of unbranched alkanes of at least 4 members (excludes halogenated alkanes) is 1. The van der Waals surface area contributed by atoms with Gasteiger partial charge in [-0.15, -0.1) is 0 Å². The lowest BCUT2D eigenvalue weighted by Gasteiger charge is -2.04. The maximum Gasteiger partial charge on any atom is 0.350 e. The molecule has 1 aromatic carbocycles. The number of carbonyl (C=O) groups is 1. The van der Waals surface area contributed by atoms with Crippen LogP contribution in [0.4, 0.5) is 5.69 Å². The molecule has 0 saturated carbocycles. The summed E-state index contributed by atoms with van der Waals surface area (Å²) >= 11 is 0. The lowest BCUT2D eigenvalue weighted by molar-refractivity contribution is -0.384. The molecule has 2 rings (SSSR count). The largest absolute Gasteiger partial charge is 0.507 e. The number of benzene rings is 1. The maximum atomic E-state index is 12.0. The second-order valence-electron chi connectivity index (χ2n) is 5.46. The molecule has 24 heavy (non-hydrogen) atoms. The highest BCUT2D eigenvalue weighted by molar-refractivity contribution is 5.97. The van der Waals surface area contributed by atoms with E-state index in [1.165, 1.54) is 25.1 Å². The van der Waals surface area contributed by atoms with E-state index in [4.69, 9.17) is 4.42 Å². The molecule has 1 N–H and O–H groups in total. The maximum absolute atomic E-state index is 12.0. The third kappa shape index (κ3) is 4.28. The minimum atomic E-state index is -0.826. The summed E-state index contributed by atoms with van der Waals surface area (Å²) in [6.07, 6.45) is 2.00. The van der Waals surface area contributed by atoms with Crippen LogP contribution in [0.25, 0.3) is 0 Å². The quantitative estimate of drug-likeness (QED) is 0.361. The number of nitro benzene ring substituents is 1. The Hall–Kier alpha value is -2.96. The molecule has 0 bridgehead atoms. The Bertz CT molecular complexity index is 807. The highest BCUT2D eigenvalue weighted by Gasteiger charge is 2.17. The minimum Gasteiger partial charge on any atom is -0.507 e. The van der Waals surface area contributed by atoms with Crippen molar-refractivity contribution in [2.45, 2.75) is 32.6 Å². The molecule has 1 heterocycles. The van der Waals surface area contributed by atoms with Crippen LogP contribution in [-0.4, -0.2) is 15.8 Å². The van der Waals surface area contributed by atoms with Gasteiger partial charge in [-0.25, -0.2) is 4.79 Å². The van der Waals surface area contributed by atoms with Gasteiger partial charge in [0.25, 0.3) is 5.69 Å². The first-order valence-corrected chi connectivity index (χ1v) is 7.48. The fourth-order valence-electron chi connectivity index (χ4n) is 2.38. The molecule has 0 aliphatic carbocycles. The zero-order valence-electron chi connectivity index (χ0n) is 13.2. The van der Waals surface area contributed by atoms with Crippen LogP contribution < -0.4 is 5.63 Å². The van der Waals surface area contributed by atoms with Gasteiger partial charge in [0.05, 0.1) is 4.92 Å². The van der Waals surface area contributed by atoms with E-state index < -0.39 is 16.3 Å². The van der Waals surface area contributed by atoms with Crippen molar-refractivity contribution >= 4 is 11.5 Å². The third-order valence-corrected chi connectivity index (χ3v) is 3.60. The predicted octanol–water partition coefficient (Wildman–Crippen LogP) is 3.16. The number of nitro groups is 1. The van der Waals surface area contributed by atoms with Gasteiger partial charge >= 0.3 is 5.63 Å². The van der Waals surface area contributed by atoms with Gasteiger partial charge < -0.3 is 9.52 Å². The summed E-state index contributed by atoms with van der Waals surface area (Å²) in [4.78, 5) is 33.8. The van der Waals surface area contributed by atoms with Crippen LogP contribution >= 0.6 is 0 Å². The summed E-state index contributed by atoms with van der Waals surface area (Å²) in [5.74, 6) is -0.568. The molecule has 0 aliphatic rings. The minimum absolute atomic E-state index is 0.0375. The summed E-state index contributed by atoms with van der Waals surface area (Å²) in [5, 5.41) is 20.3. The van der Waals surface area contributed by atoms with Gasteiger partial charge in [0.2, 0.25) is 0 Å². The first-order valence-electron chi connectivity index (χ1n) is 7.48. The molecule has 0 amide bonds. The zero-order chi connectivity index (χ0) is 17.7. The topological polar surface area (TPSA) is 111 Å². The molecule has 0 fully saturated rings. The number of ketones is 1. The van der Waals surface area contributed by atoms with E-state index in [1.807, 2.05) is 0 Å². The van der Waals surface area contributed by atoms with Crippen LogP contribution in [0.1, 0.15) is 40.9 Å². The Morgan fingerprint density at radius 1 is 1.25 bits per heavy atom. The van der Waals surface area contributed by atoms with Crippen molar-refractivity contribution in [1.82, 2.24) is 0 Å². The average Bonchev–Trinajstić information content (AvgIpc) is 2.51. The van der Waals surface area contributed by atoms with E-state index in [1.54, 1.807) is 12.1 Å². The van der Waals surface area contributed by atoms with Crippen molar-refractivity contribution in [3.63, 3.8) is 0 Å². The second kappa shape index (κ2) is 7.54. The molecule has 1 aromatic heterocycles. The molecule has 0 unspecified atom stereocenters. The first kappa shape index (κ1) is 17.4. The normalized spacial score (nSPS) is 10.5. The first-order chi connectivity index (χ1) is 11.4. The highest BCUT2D eigenvalue weighted by atomic mass is 16.6. The number of rotatable bonds is 7. The van der Waals surface area contributed by atoms with Gasteiger partial charge in [-0.2, -0.15) is 0 Å². The molecule has 126 valence electrons. The lowest BCUT2D eigenvalue weighted by Crippen LogP contribution is -2.14. The Morgan fingerprint density at radius 2 is 1.92 bits per heavy atom. The number of aryl methyl sites for hydroxylation is 2. The number of hydrogen-bond donors (Lipinski definition) is 1. The standard InChI is InChI=1S/C17H17NO6/c1-11-10-15(20)16(17(21)24-11)14(19)5-3-2-4-12-6-8-13(9-7-12)18(22)23/h6-10,20H,2-5H2,1H3. The van der Waals surface area contributed by atoms with Gasteiger partial charge in [-0.3, -0.25) is 14.9 Å². The predicted molar refractivity (Wildman–Crippen MR) is 86.4 cm³/mol. The van der Waals surface area contributed by atoms with Crippen LogP contribution in [0.3, 0.4) is 0 Å². The van der Waals surface area contributed by atoms with Crippen LogP contribution in [0, 0.1) is 17.0 Å². The molecule has 0 radical (unpaired) electrons. The van der Waals surface area contributed by atoms with Crippen molar-refractivity contribution in [3.8, 4) is 5.75 Å². The smallest absolute Gasteiger partial charge is 0.350 e. The summed E-state index contributed by atoms with van der Waals surface area (Å²) in [6.45, 7) is 1.51. The van der Waals surface area contributed by atoms with Crippen molar-refractivity contribution in [2.24, 2.45) is 0 Å². The number of non-ortho nitro benzene ring substituents is 1. The molecular formula is C17H17NO6. The van der Waals surface area contributed by atoms with E-state index >= 15 is 0 Å². The van der Waals surface area contributed by atoms with Crippen molar-refractivity contribution in [1.29, 1.82) is 0 Å². The second-order valence-corrected chi connectivity index (χ2v) is 5.46. The summed E-state index contributed by atoms with van der Waals surface area (Å²) < 4.78 is 4.82. The van der Waals surface area contributed by atoms with Crippen molar-refractivity contribution in [3.05, 3.63) is 67.8 Å². The Balaban J connectivity index is 1.87. The number of Topliss-reactive ketones (excluding diaryl/α,β-unsaturated/α-hetero) is 1. The molecule has 2 aromatic rings. The van der Waals surface area contributed by atoms with Gasteiger partial charge in [0.1, 0.15) is 17.1 Å². The van der Waals surface area contributed by atoms with E-state index in [0.717, 1.165) is 5.56 Å². The van der Waals surface area contributed by atoms with E-state index in [2.05, 4.69) is 0 Å². The van der Waals surface area contributed by atoms with Crippen LogP contribution in [-0.2, 0) is 6.42 Å². The molecular weight excluding hydrogens is 314 g/mol. The fraction of sp³-hybridized carbons (Fsp3) is 0.294. The monoisotopic (exact) mass is 331 g/mol. The molecule has 0 atom stereocenters.